The van der Waals surface area contributed by atoms with Crippen molar-refractivity contribution in [3.8, 4) is 0 Å². The maximum atomic E-state index is 12.9. The smallest absolute Gasteiger partial charge is 0.306 e. The second kappa shape index (κ2) is 11.7. The molecular weight excluding hydrogens is 600 g/mol. The largest absolute Gasteiger partial charge is 0.462 e. The third kappa shape index (κ3) is 4.98. The quantitative estimate of drug-likeness (QED) is 0.217. The summed E-state index contributed by atoms with van der Waals surface area (Å²) in [5.41, 5.74) is 2.96. The summed E-state index contributed by atoms with van der Waals surface area (Å²) < 4.78 is 12.0. The molecule has 0 aromatic heterocycles. The molecule has 6 saturated carbocycles. The van der Waals surface area contributed by atoms with E-state index in [9.17, 15) is 19.2 Å². The van der Waals surface area contributed by atoms with Gasteiger partial charge >= 0.3 is 11.9 Å². The molecule has 0 aliphatic heterocycles. The third-order valence-electron chi connectivity index (χ3n) is 16.7. The normalized spacial score (nSPS) is 47.7. The number of allylic oxidation sites excluding steroid dienone is 2. The zero-order chi connectivity index (χ0) is 33.6. The fraction of sp³-hybridized carbons (Fsp3) is 0.810. The van der Waals surface area contributed by atoms with Gasteiger partial charge in [0.05, 0.1) is 12.8 Å². The molecule has 6 nitrogen and oxygen atoms in total. The fourth-order valence-corrected chi connectivity index (χ4v) is 13.7. The van der Waals surface area contributed by atoms with Crippen LogP contribution in [0.15, 0.2) is 23.3 Å². The fourth-order valence-electron chi connectivity index (χ4n) is 13.7. The minimum Gasteiger partial charge on any atom is -0.462 e. The lowest BCUT2D eigenvalue weighted by atomic mass is 9.48. The van der Waals surface area contributed by atoms with E-state index in [2.05, 4.69) is 39.8 Å². The van der Waals surface area contributed by atoms with Gasteiger partial charge in [-0.3, -0.25) is 19.2 Å². The second-order valence-electron chi connectivity index (χ2n) is 18.6. The molecule has 8 aliphatic carbocycles. The summed E-state index contributed by atoms with van der Waals surface area (Å²) in [6, 6.07) is 0. The molecule has 0 aromatic carbocycles. The number of ether oxygens (including phenoxy) is 2. The molecule has 8 rings (SSSR count). The average Bonchev–Trinajstić information content (AvgIpc) is 3.54. The van der Waals surface area contributed by atoms with E-state index in [0.29, 0.717) is 47.1 Å². The molecule has 0 bridgehead atoms. The number of rotatable bonds is 5. The highest BCUT2D eigenvalue weighted by Gasteiger charge is 2.60. The monoisotopic (exact) mass is 658 g/mol. The number of esters is 2. The van der Waals surface area contributed by atoms with Gasteiger partial charge in [0, 0.05) is 36.5 Å². The van der Waals surface area contributed by atoms with E-state index in [0.717, 1.165) is 103 Å². The van der Waals surface area contributed by atoms with Gasteiger partial charge in [0.15, 0.2) is 0 Å². The summed E-state index contributed by atoms with van der Waals surface area (Å²) in [5, 5.41) is 0. The Hall–Kier alpha value is -2.24. The topological polar surface area (TPSA) is 86.7 Å². The Balaban J connectivity index is 0.815. The van der Waals surface area contributed by atoms with Crippen molar-refractivity contribution in [3.63, 3.8) is 0 Å². The van der Waals surface area contributed by atoms with E-state index in [1.165, 1.54) is 11.1 Å². The zero-order valence-corrected chi connectivity index (χ0v) is 30.0. The van der Waals surface area contributed by atoms with Gasteiger partial charge < -0.3 is 9.47 Å². The third-order valence-corrected chi connectivity index (χ3v) is 16.7. The first-order valence-electron chi connectivity index (χ1n) is 19.7. The molecule has 0 radical (unpaired) electrons. The zero-order valence-electron chi connectivity index (χ0n) is 30.0. The van der Waals surface area contributed by atoms with Gasteiger partial charge in [-0.15, -0.1) is 0 Å². The predicted octanol–water partition coefficient (Wildman–Crippen LogP) is 8.65. The van der Waals surface area contributed by atoms with Crippen LogP contribution in [0.4, 0.5) is 0 Å². The summed E-state index contributed by atoms with van der Waals surface area (Å²) in [5.74, 6) is 3.87. The van der Waals surface area contributed by atoms with Gasteiger partial charge in [-0.1, -0.05) is 51.0 Å². The standard InChI is InChI=1S/C42H58O6/c1-39-19-15-27(23-25(39)5-7-29-31-9-11-35(43)41(31,3)21-17-33(29)39)47-37(45)13-14-38(46)48-28-16-20-40(2)26(24-28)6-8-30-32-10-12-36(44)42(32,4)22-18-34(30)40/h5-6,27-34H,7-24H2,1-4H3/t27-,28?,29?,30?,31?,32?,33?,34?,39-,40+,41-,42+/m0/s1. The van der Waals surface area contributed by atoms with E-state index in [1.54, 1.807) is 0 Å². The Bertz CT molecular complexity index is 1350. The first-order valence-corrected chi connectivity index (χ1v) is 19.7. The van der Waals surface area contributed by atoms with Crippen LogP contribution in [0, 0.1) is 57.2 Å². The summed E-state index contributed by atoms with van der Waals surface area (Å²) in [6.45, 7) is 9.33. The molecule has 0 aromatic rings. The molecule has 12 atom stereocenters. The highest BCUT2D eigenvalue weighted by Crippen LogP contribution is 2.65. The first kappa shape index (κ1) is 32.9. The number of hydrogen-bond acceptors (Lipinski definition) is 6. The number of fused-ring (bicyclic) bond motifs is 10. The van der Waals surface area contributed by atoms with Crippen molar-refractivity contribution < 1.29 is 28.7 Å². The number of Topliss-reactive ketones (excluding diaryl/α,β-unsaturated/α-hetero) is 2. The Morgan fingerprint density at radius 2 is 0.958 bits per heavy atom. The molecule has 0 saturated heterocycles. The van der Waals surface area contributed by atoms with Crippen LogP contribution < -0.4 is 0 Å². The molecule has 0 amide bonds. The average molecular weight is 659 g/mol. The van der Waals surface area contributed by atoms with Crippen molar-refractivity contribution in [1.29, 1.82) is 0 Å². The second-order valence-corrected chi connectivity index (χ2v) is 18.6. The molecule has 48 heavy (non-hydrogen) atoms. The van der Waals surface area contributed by atoms with Crippen LogP contribution in [0.5, 0.6) is 0 Å². The van der Waals surface area contributed by atoms with E-state index in [-0.39, 0.29) is 58.6 Å². The van der Waals surface area contributed by atoms with Gasteiger partial charge in [0.25, 0.3) is 0 Å². The van der Waals surface area contributed by atoms with E-state index in [1.807, 2.05) is 0 Å². The van der Waals surface area contributed by atoms with Crippen molar-refractivity contribution in [3.05, 3.63) is 23.3 Å². The van der Waals surface area contributed by atoms with E-state index < -0.39 is 0 Å². The molecule has 6 fully saturated rings. The van der Waals surface area contributed by atoms with Crippen LogP contribution in [-0.4, -0.2) is 35.7 Å². The van der Waals surface area contributed by atoms with Crippen LogP contribution in [0.1, 0.15) is 143 Å². The lowest BCUT2D eigenvalue weighted by Gasteiger charge is -2.56. The van der Waals surface area contributed by atoms with Crippen LogP contribution in [-0.2, 0) is 28.7 Å². The van der Waals surface area contributed by atoms with E-state index in [4.69, 9.17) is 9.47 Å². The summed E-state index contributed by atoms with van der Waals surface area (Å²) in [4.78, 5) is 51.4. The predicted molar refractivity (Wildman–Crippen MR) is 182 cm³/mol. The van der Waals surface area contributed by atoms with Gasteiger partial charge in [-0.2, -0.15) is 0 Å². The molecule has 0 N–H and O–H groups in total. The van der Waals surface area contributed by atoms with Crippen LogP contribution in [0.3, 0.4) is 0 Å². The highest BCUT2D eigenvalue weighted by molar-refractivity contribution is 5.87. The lowest BCUT2D eigenvalue weighted by Crippen LogP contribution is -2.50. The number of ketones is 2. The van der Waals surface area contributed by atoms with Gasteiger partial charge in [-0.25, -0.2) is 0 Å². The van der Waals surface area contributed by atoms with Crippen molar-refractivity contribution in [2.24, 2.45) is 57.2 Å². The van der Waals surface area contributed by atoms with Crippen molar-refractivity contribution >= 4 is 23.5 Å². The lowest BCUT2D eigenvalue weighted by molar-refractivity contribution is -0.158. The Labute approximate surface area is 287 Å². The highest BCUT2D eigenvalue weighted by atomic mass is 16.6. The van der Waals surface area contributed by atoms with Crippen LogP contribution >= 0.6 is 0 Å². The summed E-state index contributed by atoms with van der Waals surface area (Å²) >= 11 is 0. The van der Waals surface area contributed by atoms with Crippen molar-refractivity contribution in [2.75, 3.05) is 0 Å². The van der Waals surface area contributed by atoms with E-state index >= 15 is 0 Å². The molecule has 0 heterocycles. The number of hydrogen-bond donors (Lipinski definition) is 0. The molecular formula is C42H58O6. The molecule has 6 heteroatoms. The van der Waals surface area contributed by atoms with Crippen molar-refractivity contribution in [1.82, 2.24) is 0 Å². The minimum atomic E-state index is -0.292. The van der Waals surface area contributed by atoms with Crippen molar-refractivity contribution in [2.45, 2.75) is 155 Å². The number of carbonyl (C=O) groups excluding carboxylic acids is 4. The van der Waals surface area contributed by atoms with Gasteiger partial charge in [0.1, 0.15) is 23.8 Å². The molecule has 8 aliphatic rings. The van der Waals surface area contributed by atoms with Crippen LogP contribution in [0.2, 0.25) is 0 Å². The Kier molecular flexibility index (Phi) is 8.00. The van der Waals surface area contributed by atoms with Gasteiger partial charge in [0.2, 0.25) is 0 Å². The SMILES string of the molecule is C[C@]12CC[C@H](OC(=O)CCC(=O)OC3CC[C@]4(C)C(=CCC5C6CCC(=O)[C@]6(C)CCC54)C3)CC1=CCC1C2CC[C@]2(C)C(=O)CCC12. The summed E-state index contributed by atoms with van der Waals surface area (Å²) in [7, 11) is 0. The first-order chi connectivity index (χ1) is 22.8. The maximum absolute atomic E-state index is 12.9. The maximum Gasteiger partial charge on any atom is 0.306 e. The Morgan fingerprint density at radius 3 is 1.38 bits per heavy atom. The summed E-state index contributed by atoms with van der Waals surface area (Å²) in [6.07, 6.45) is 20.2. The van der Waals surface area contributed by atoms with Gasteiger partial charge in [-0.05, 0) is 123 Å². The minimum absolute atomic E-state index is 0.0698. The Morgan fingerprint density at radius 1 is 0.583 bits per heavy atom. The molecule has 262 valence electrons. The molecule has 0 spiro atoms. The molecule has 7 unspecified atom stereocenters. The number of carbonyl (C=O) groups is 4. The van der Waals surface area contributed by atoms with Crippen LogP contribution in [0.25, 0.3) is 0 Å².